The molecular formula is C11H5Br2F2N3O. The molecule has 1 heterocycles. The third-order valence-electron chi connectivity index (χ3n) is 2.10. The van der Waals surface area contributed by atoms with Crippen LogP contribution >= 0.6 is 31.9 Å². The molecule has 2 rings (SSSR count). The van der Waals surface area contributed by atoms with Crippen LogP contribution in [-0.2, 0) is 0 Å². The first kappa shape index (κ1) is 14.0. The molecule has 0 bridgehead atoms. The van der Waals surface area contributed by atoms with E-state index in [2.05, 4.69) is 47.1 Å². The lowest BCUT2D eigenvalue weighted by molar-refractivity contribution is 0.101. The average Bonchev–Trinajstić information content (AvgIpc) is 2.30. The van der Waals surface area contributed by atoms with Crippen molar-refractivity contribution in [2.45, 2.75) is 0 Å². The van der Waals surface area contributed by atoms with Crippen LogP contribution < -0.4 is 5.32 Å². The number of nitrogens with one attached hydrogen (secondary N) is 1. The summed E-state index contributed by atoms with van der Waals surface area (Å²) in [7, 11) is 0. The first-order valence-corrected chi connectivity index (χ1v) is 6.49. The third-order valence-corrected chi connectivity index (χ3v) is 2.96. The standard InChI is InChI=1S/C11H5Br2F2N3O/c12-5-1-6(14)10(7(15)2-5)11(19)18-9-4-16-8(13)3-17-9/h1-4H,(H,17,18,19). The van der Waals surface area contributed by atoms with E-state index >= 15 is 0 Å². The molecule has 19 heavy (non-hydrogen) atoms. The van der Waals surface area contributed by atoms with E-state index in [1.54, 1.807) is 0 Å². The van der Waals surface area contributed by atoms with Gasteiger partial charge >= 0.3 is 0 Å². The molecule has 0 radical (unpaired) electrons. The Bertz CT molecular complexity index is 611. The van der Waals surface area contributed by atoms with Crippen LogP contribution in [0.5, 0.6) is 0 Å². The molecule has 0 spiro atoms. The zero-order chi connectivity index (χ0) is 14.0. The Morgan fingerprint density at radius 3 is 2.26 bits per heavy atom. The number of carbonyl (C=O) groups is 1. The number of aromatic nitrogens is 2. The fourth-order valence-electron chi connectivity index (χ4n) is 1.31. The molecular weight excluding hydrogens is 388 g/mol. The van der Waals surface area contributed by atoms with Gasteiger partial charge in [0.2, 0.25) is 0 Å². The van der Waals surface area contributed by atoms with Crippen molar-refractivity contribution in [1.82, 2.24) is 9.97 Å². The van der Waals surface area contributed by atoms with Crippen molar-refractivity contribution in [2.24, 2.45) is 0 Å². The van der Waals surface area contributed by atoms with E-state index in [0.29, 0.717) is 4.60 Å². The summed E-state index contributed by atoms with van der Waals surface area (Å²) < 4.78 is 27.8. The Kier molecular flexibility index (Phi) is 4.20. The lowest BCUT2D eigenvalue weighted by Crippen LogP contribution is -2.16. The highest BCUT2D eigenvalue weighted by molar-refractivity contribution is 9.10. The maximum absolute atomic E-state index is 13.6. The minimum atomic E-state index is -0.963. The predicted molar refractivity (Wildman–Crippen MR) is 71.7 cm³/mol. The lowest BCUT2D eigenvalue weighted by Gasteiger charge is -2.06. The largest absolute Gasteiger partial charge is 0.305 e. The van der Waals surface area contributed by atoms with Gasteiger partial charge in [-0.25, -0.2) is 18.7 Å². The molecule has 0 fully saturated rings. The molecule has 98 valence electrons. The van der Waals surface area contributed by atoms with Gasteiger partial charge in [-0.05, 0) is 28.1 Å². The van der Waals surface area contributed by atoms with Gasteiger partial charge in [0, 0.05) is 4.47 Å². The zero-order valence-electron chi connectivity index (χ0n) is 9.12. The molecule has 1 aromatic carbocycles. The van der Waals surface area contributed by atoms with Crippen LogP contribution in [0.15, 0.2) is 33.6 Å². The second-order valence-corrected chi connectivity index (χ2v) is 5.15. The summed E-state index contributed by atoms with van der Waals surface area (Å²) in [5.74, 6) is -2.77. The third kappa shape index (κ3) is 3.32. The van der Waals surface area contributed by atoms with Crippen LogP contribution in [0.1, 0.15) is 10.4 Å². The van der Waals surface area contributed by atoms with Gasteiger partial charge < -0.3 is 5.32 Å². The topological polar surface area (TPSA) is 54.9 Å². The number of amides is 1. The fraction of sp³-hybridized carbons (Fsp3) is 0. The molecule has 0 saturated heterocycles. The number of rotatable bonds is 2. The summed E-state index contributed by atoms with van der Waals surface area (Å²) in [4.78, 5) is 19.4. The van der Waals surface area contributed by atoms with Crippen molar-refractivity contribution < 1.29 is 13.6 Å². The molecule has 0 atom stereocenters. The van der Waals surface area contributed by atoms with Gasteiger partial charge in [0.15, 0.2) is 5.82 Å². The Labute approximate surface area is 123 Å². The van der Waals surface area contributed by atoms with E-state index in [0.717, 1.165) is 12.1 Å². The number of hydrogen-bond donors (Lipinski definition) is 1. The zero-order valence-corrected chi connectivity index (χ0v) is 12.3. The van der Waals surface area contributed by atoms with E-state index in [4.69, 9.17) is 0 Å². The molecule has 4 nitrogen and oxygen atoms in total. The summed E-state index contributed by atoms with van der Waals surface area (Å²) in [5, 5.41) is 2.26. The van der Waals surface area contributed by atoms with Gasteiger partial charge in [0.05, 0.1) is 12.4 Å². The molecule has 1 amide bonds. The maximum atomic E-state index is 13.6. The highest BCUT2D eigenvalue weighted by Crippen LogP contribution is 2.20. The van der Waals surface area contributed by atoms with Gasteiger partial charge in [-0.1, -0.05) is 15.9 Å². The van der Waals surface area contributed by atoms with E-state index < -0.39 is 23.1 Å². The van der Waals surface area contributed by atoms with Gasteiger partial charge in [0.1, 0.15) is 21.8 Å². The molecule has 0 saturated carbocycles. The van der Waals surface area contributed by atoms with Crippen LogP contribution in [-0.4, -0.2) is 15.9 Å². The lowest BCUT2D eigenvalue weighted by atomic mass is 10.2. The Morgan fingerprint density at radius 1 is 1.11 bits per heavy atom. The maximum Gasteiger partial charge on any atom is 0.262 e. The number of halogens is 4. The van der Waals surface area contributed by atoms with E-state index in [-0.39, 0.29) is 10.3 Å². The molecule has 0 aliphatic heterocycles. The smallest absolute Gasteiger partial charge is 0.262 e. The normalized spacial score (nSPS) is 10.3. The highest BCUT2D eigenvalue weighted by Gasteiger charge is 2.18. The monoisotopic (exact) mass is 391 g/mol. The SMILES string of the molecule is O=C(Nc1cnc(Br)cn1)c1c(F)cc(Br)cc1F. The molecule has 8 heteroatoms. The van der Waals surface area contributed by atoms with Crippen LogP contribution in [0.4, 0.5) is 14.6 Å². The molecule has 0 unspecified atom stereocenters. The first-order chi connectivity index (χ1) is 8.97. The Balaban J connectivity index is 2.28. The van der Waals surface area contributed by atoms with Gasteiger partial charge in [-0.3, -0.25) is 4.79 Å². The minimum Gasteiger partial charge on any atom is -0.305 e. The van der Waals surface area contributed by atoms with Crippen molar-refractivity contribution in [1.29, 1.82) is 0 Å². The molecule has 1 N–H and O–H groups in total. The molecule has 1 aromatic heterocycles. The molecule has 0 aliphatic rings. The highest BCUT2D eigenvalue weighted by atomic mass is 79.9. The molecule has 2 aromatic rings. The van der Waals surface area contributed by atoms with Crippen LogP contribution in [0.25, 0.3) is 0 Å². The van der Waals surface area contributed by atoms with Crippen molar-refractivity contribution in [3.8, 4) is 0 Å². The van der Waals surface area contributed by atoms with Crippen LogP contribution in [0.2, 0.25) is 0 Å². The Hall–Kier alpha value is -1.41. The van der Waals surface area contributed by atoms with Gasteiger partial charge in [-0.15, -0.1) is 0 Å². The van der Waals surface area contributed by atoms with Crippen LogP contribution in [0.3, 0.4) is 0 Å². The van der Waals surface area contributed by atoms with E-state index in [1.807, 2.05) is 0 Å². The second-order valence-electron chi connectivity index (χ2n) is 3.42. The van der Waals surface area contributed by atoms with Crippen molar-refractivity contribution in [3.05, 3.63) is 50.8 Å². The fourth-order valence-corrected chi connectivity index (χ4v) is 1.92. The Morgan fingerprint density at radius 2 is 1.74 bits per heavy atom. The number of benzene rings is 1. The number of nitrogens with zero attached hydrogens (tertiary/aromatic N) is 2. The summed E-state index contributed by atoms with van der Waals surface area (Å²) in [6.07, 6.45) is 2.61. The average molecular weight is 393 g/mol. The number of hydrogen-bond acceptors (Lipinski definition) is 3. The van der Waals surface area contributed by atoms with Crippen molar-refractivity contribution in [3.63, 3.8) is 0 Å². The van der Waals surface area contributed by atoms with Gasteiger partial charge in [0.25, 0.3) is 5.91 Å². The second kappa shape index (κ2) is 5.70. The molecule has 0 aliphatic carbocycles. The van der Waals surface area contributed by atoms with Crippen molar-refractivity contribution in [2.75, 3.05) is 5.32 Å². The minimum absolute atomic E-state index is 0.0925. The predicted octanol–water partition coefficient (Wildman–Crippen LogP) is 3.53. The summed E-state index contributed by atoms with van der Waals surface area (Å²) >= 11 is 6.01. The summed E-state index contributed by atoms with van der Waals surface area (Å²) in [6.45, 7) is 0. The van der Waals surface area contributed by atoms with E-state index in [9.17, 15) is 13.6 Å². The quantitative estimate of drug-likeness (QED) is 0.850. The summed E-state index contributed by atoms with van der Waals surface area (Å²) in [6, 6.07) is 2.01. The number of carbonyl (C=O) groups excluding carboxylic acids is 1. The van der Waals surface area contributed by atoms with Crippen molar-refractivity contribution >= 4 is 43.6 Å². The summed E-state index contributed by atoms with van der Waals surface area (Å²) in [5.41, 5.74) is -0.673. The van der Waals surface area contributed by atoms with E-state index in [1.165, 1.54) is 12.4 Å². The van der Waals surface area contributed by atoms with Gasteiger partial charge in [-0.2, -0.15) is 0 Å². The van der Waals surface area contributed by atoms with Crippen LogP contribution in [0, 0.1) is 11.6 Å². The first-order valence-electron chi connectivity index (χ1n) is 4.91. The number of anilines is 1.